The van der Waals surface area contributed by atoms with Crippen LogP contribution in [0.1, 0.15) is 38.3 Å². The Morgan fingerprint density at radius 1 is 1.00 bits per heavy atom. The number of imidazole rings is 2. The summed E-state index contributed by atoms with van der Waals surface area (Å²) < 4.78 is 43.8. The molecule has 0 radical (unpaired) electrons. The molecule has 5 rings (SSSR count). The van der Waals surface area contributed by atoms with Crippen LogP contribution in [0.2, 0.25) is 0 Å². The lowest BCUT2D eigenvalue weighted by Gasteiger charge is -2.13. The van der Waals surface area contributed by atoms with E-state index in [0.29, 0.717) is 22.5 Å². The number of rotatable bonds is 4. The quantitative estimate of drug-likeness (QED) is 0.264. The first-order chi connectivity index (χ1) is 17.3. The maximum Gasteiger partial charge on any atom is 0.416 e. The number of alkyl halides is 3. The largest absolute Gasteiger partial charge is 0.416 e. The zero-order valence-electron chi connectivity index (χ0n) is 19.0. The number of fused-ring (bicyclic) bond motifs is 1. The number of carbonyl (C=O) groups is 1. The zero-order chi connectivity index (χ0) is 25.3. The van der Waals surface area contributed by atoms with Crippen molar-refractivity contribution >= 4 is 11.4 Å². The third-order valence-corrected chi connectivity index (χ3v) is 5.67. The van der Waals surface area contributed by atoms with E-state index in [4.69, 9.17) is 0 Å². The predicted octanol–water partition coefficient (Wildman–Crippen LogP) is 5.07. The second-order valence-electron chi connectivity index (χ2n) is 8.18. The maximum atomic E-state index is 13.5. The van der Waals surface area contributed by atoms with Gasteiger partial charge in [0.1, 0.15) is 5.69 Å². The Balaban J connectivity index is 1.44. The standard InChI is InChI=1S/C27H18F3N5O/c1-18-2-3-21(13-20(18)4-5-23-15-33-26-16-31-7-9-35(23)26)25(36)12-19-10-22(27(28,29)30)14-24(11-19)34-8-6-32-17-34/h2-3,6-11,13-17H,12H2,1H3. The smallest absolute Gasteiger partial charge is 0.306 e. The molecule has 0 bridgehead atoms. The minimum absolute atomic E-state index is 0.193. The lowest BCUT2D eigenvalue weighted by atomic mass is 9.97. The summed E-state index contributed by atoms with van der Waals surface area (Å²) in [5.41, 5.74) is 2.93. The van der Waals surface area contributed by atoms with Crippen molar-refractivity contribution in [2.24, 2.45) is 0 Å². The number of halogens is 3. The van der Waals surface area contributed by atoms with Gasteiger partial charge in [-0.15, -0.1) is 0 Å². The number of carbonyl (C=O) groups excluding carboxylic acids is 1. The van der Waals surface area contributed by atoms with Gasteiger partial charge in [0.05, 0.1) is 24.3 Å². The van der Waals surface area contributed by atoms with Gasteiger partial charge < -0.3 is 4.57 Å². The highest BCUT2D eigenvalue weighted by Gasteiger charge is 2.31. The second-order valence-corrected chi connectivity index (χ2v) is 8.18. The van der Waals surface area contributed by atoms with Crippen LogP contribution in [-0.2, 0) is 12.6 Å². The zero-order valence-corrected chi connectivity index (χ0v) is 19.0. The fourth-order valence-corrected chi connectivity index (χ4v) is 3.78. The van der Waals surface area contributed by atoms with Crippen LogP contribution in [0.4, 0.5) is 13.2 Å². The molecule has 0 aliphatic heterocycles. The van der Waals surface area contributed by atoms with E-state index in [1.165, 1.54) is 17.1 Å². The molecule has 5 aromatic rings. The molecule has 3 heterocycles. The number of hydrogen-bond acceptors (Lipinski definition) is 4. The fraction of sp³-hybridized carbons (Fsp3) is 0.111. The van der Waals surface area contributed by atoms with E-state index < -0.39 is 11.7 Å². The van der Waals surface area contributed by atoms with Crippen molar-refractivity contribution in [2.75, 3.05) is 0 Å². The normalized spacial score (nSPS) is 11.3. The Morgan fingerprint density at radius 3 is 2.61 bits per heavy atom. The van der Waals surface area contributed by atoms with E-state index in [-0.39, 0.29) is 23.5 Å². The summed E-state index contributed by atoms with van der Waals surface area (Å²) in [6, 6.07) is 8.70. The summed E-state index contributed by atoms with van der Waals surface area (Å²) in [6.45, 7) is 1.88. The predicted molar refractivity (Wildman–Crippen MR) is 127 cm³/mol. The van der Waals surface area contributed by atoms with E-state index >= 15 is 0 Å². The van der Waals surface area contributed by atoms with Gasteiger partial charge in [0, 0.05) is 48.0 Å². The van der Waals surface area contributed by atoms with Crippen molar-refractivity contribution in [3.8, 4) is 17.5 Å². The topological polar surface area (TPSA) is 65.1 Å². The van der Waals surface area contributed by atoms with Gasteiger partial charge in [-0.25, -0.2) is 9.97 Å². The number of nitrogens with zero attached hydrogens (tertiary/aromatic N) is 5. The first-order valence-electron chi connectivity index (χ1n) is 10.9. The van der Waals surface area contributed by atoms with Crippen LogP contribution in [0.3, 0.4) is 0 Å². The van der Waals surface area contributed by atoms with Gasteiger partial charge in [0.25, 0.3) is 0 Å². The molecule has 178 valence electrons. The SMILES string of the molecule is Cc1ccc(C(=O)Cc2cc(-n3ccnc3)cc(C(F)(F)F)c2)cc1C#Cc1cnc2cnccn12. The lowest BCUT2D eigenvalue weighted by Crippen LogP contribution is -2.10. The summed E-state index contributed by atoms with van der Waals surface area (Å²) in [6.07, 6.45) is 6.35. The van der Waals surface area contributed by atoms with Crippen LogP contribution in [0.15, 0.2) is 79.9 Å². The molecule has 0 spiro atoms. The highest BCUT2D eigenvalue weighted by atomic mass is 19.4. The van der Waals surface area contributed by atoms with E-state index in [1.54, 1.807) is 59.7 Å². The Hall–Kier alpha value is -4.71. The van der Waals surface area contributed by atoms with Crippen LogP contribution >= 0.6 is 0 Å². The average molecular weight is 485 g/mol. The number of Topliss-reactive ketones (excluding diaryl/α,β-unsaturated/α-hetero) is 1. The Kier molecular flexibility index (Phi) is 5.86. The molecule has 0 saturated carbocycles. The highest BCUT2D eigenvalue weighted by Crippen LogP contribution is 2.32. The van der Waals surface area contributed by atoms with E-state index in [1.807, 2.05) is 6.92 Å². The Bertz CT molecular complexity index is 1640. The molecule has 0 aliphatic carbocycles. The first-order valence-corrected chi connectivity index (χ1v) is 10.9. The third kappa shape index (κ3) is 4.74. The molecular weight excluding hydrogens is 467 g/mol. The van der Waals surface area contributed by atoms with Gasteiger partial charge in [0.15, 0.2) is 11.4 Å². The summed E-state index contributed by atoms with van der Waals surface area (Å²) >= 11 is 0. The highest BCUT2D eigenvalue weighted by molar-refractivity contribution is 5.98. The Morgan fingerprint density at radius 2 is 1.83 bits per heavy atom. The average Bonchev–Trinajstić information content (AvgIpc) is 3.53. The maximum absolute atomic E-state index is 13.5. The molecule has 36 heavy (non-hydrogen) atoms. The molecule has 0 aliphatic rings. The molecule has 3 aromatic heterocycles. The number of ketones is 1. The van der Waals surface area contributed by atoms with Crippen molar-refractivity contribution in [1.29, 1.82) is 0 Å². The molecular formula is C27H18F3N5O. The van der Waals surface area contributed by atoms with Gasteiger partial charge in [-0.05, 0) is 48.2 Å². The second kappa shape index (κ2) is 9.15. The van der Waals surface area contributed by atoms with Crippen molar-refractivity contribution in [3.05, 3.63) is 113 Å². The van der Waals surface area contributed by atoms with Gasteiger partial charge in [0.2, 0.25) is 0 Å². The Labute approximate surface area is 204 Å². The minimum atomic E-state index is -4.55. The van der Waals surface area contributed by atoms with Crippen LogP contribution in [-0.4, -0.2) is 29.7 Å². The molecule has 0 saturated heterocycles. The van der Waals surface area contributed by atoms with Crippen molar-refractivity contribution in [1.82, 2.24) is 23.9 Å². The number of hydrogen-bond donors (Lipinski definition) is 0. The number of benzene rings is 2. The number of aromatic nitrogens is 5. The minimum Gasteiger partial charge on any atom is -0.306 e. The molecule has 0 N–H and O–H groups in total. The van der Waals surface area contributed by atoms with Gasteiger partial charge in [-0.3, -0.25) is 14.2 Å². The van der Waals surface area contributed by atoms with E-state index in [0.717, 1.165) is 17.7 Å². The monoisotopic (exact) mass is 485 g/mol. The molecule has 9 heteroatoms. The van der Waals surface area contributed by atoms with Crippen molar-refractivity contribution < 1.29 is 18.0 Å². The van der Waals surface area contributed by atoms with E-state index in [2.05, 4.69) is 26.8 Å². The molecule has 0 atom stereocenters. The summed E-state index contributed by atoms with van der Waals surface area (Å²) in [5.74, 6) is 5.84. The molecule has 0 amide bonds. The van der Waals surface area contributed by atoms with Gasteiger partial charge in [-0.1, -0.05) is 18.1 Å². The molecule has 2 aromatic carbocycles. The summed E-state index contributed by atoms with van der Waals surface area (Å²) in [4.78, 5) is 25.2. The first kappa shape index (κ1) is 23.1. The van der Waals surface area contributed by atoms with Crippen LogP contribution < -0.4 is 0 Å². The number of aryl methyl sites for hydroxylation is 1. The molecule has 0 fully saturated rings. The van der Waals surface area contributed by atoms with Crippen molar-refractivity contribution in [2.45, 2.75) is 19.5 Å². The fourth-order valence-electron chi connectivity index (χ4n) is 3.78. The van der Waals surface area contributed by atoms with E-state index in [9.17, 15) is 18.0 Å². The summed E-state index contributed by atoms with van der Waals surface area (Å²) in [5, 5.41) is 0. The van der Waals surface area contributed by atoms with Crippen LogP contribution in [0, 0.1) is 18.8 Å². The lowest BCUT2D eigenvalue weighted by molar-refractivity contribution is -0.137. The van der Waals surface area contributed by atoms with Crippen molar-refractivity contribution in [3.63, 3.8) is 0 Å². The molecule has 6 nitrogen and oxygen atoms in total. The van der Waals surface area contributed by atoms with Gasteiger partial charge >= 0.3 is 6.18 Å². The van der Waals surface area contributed by atoms with Gasteiger partial charge in [-0.2, -0.15) is 13.2 Å². The van der Waals surface area contributed by atoms with Crippen LogP contribution in [0.5, 0.6) is 0 Å². The molecule has 0 unspecified atom stereocenters. The summed E-state index contributed by atoms with van der Waals surface area (Å²) in [7, 11) is 0. The van der Waals surface area contributed by atoms with Crippen LogP contribution in [0.25, 0.3) is 11.3 Å². The third-order valence-electron chi connectivity index (χ3n) is 5.67.